The van der Waals surface area contributed by atoms with Gasteiger partial charge >= 0.3 is 0 Å². The van der Waals surface area contributed by atoms with Gasteiger partial charge in [-0.1, -0.05) is 49.4 Å². The Kier molecular flexibility index (Phi) is 7.09. The molecular formula is C28H30N4O2. The van der Waals surface area contributed by atoms with Gasteiger partial charge in [0.25, 0.3) is 11.8 Å². The summed E-state index contributed by atoms with van der Waals surface area (Å²) in [5, 5.41) is 9.37. The zero-order valence-electron chi connectivity index (χ0n) is 19.8. The predicted octanol–water partition coefficient (Wildman–Crippen LogP) is 4.82. The van der Waals surface area contributed by atoms with Crippen LogP contribution in [-0.2, 0) is 11.3 Å². The average Bonchev–Trinajstić information content (AvgIpc) is 3.16. The van der Waals surface area contributed by atoms with Crippen LogP contribution in [0.2, 0.25) is 0 Å². The van der Waals surface area contributed by atoms with Gasteiger partial charge in [0.1, 0.15) is 0 Å². The van der Waals surface area contributed by atoms with Crippen molar-refractivity contribution in [2.24, 2.45) is 0 Å². The number of nitrogens with zero attached hydrogens (tertiary/aromatic N) is 1. The molecule has 34 heavy (non-hydrogen) atoms. The van der Waals surface area contributed by atoms with E-state index in [4.69, 9.17) is 0 Å². The van der Waals surface area contributed by atoms with Crippen LogP contribution in [0.5, 0.6) is 0 Å². The highest BCUT2D eigenvalue weighted by atomic mass is 16.2. The van der Waals surface area contributed by atoms with Gasteiger partial charge in [0.15, 0.2) is 0 Å². The minimum absolute atomic E-state index is 0.144. The fraction of sp³-hybridized carbons (Fsp3) is 0.214. The molecule has 2 amide bonds. The number of carbonyl (C=O) groups is 2. The predicted molar refractivity (Wildman–Crippen MR) is 138 cm³/mol. The number of carbonyl (C=O) groups excluding carboxylic acids is 2. The lowest BCUT2D eigenvalue weighted by Gasteiger charge is -2.16. The van der Waals surface area contributed by atoms with E-state index in [9.17, 15) is 9.59 Å². The zero-order valence-corrected chi connectivity index (χ0v) is 19.8. The molecule has 6 nitrogen and oxygen atoms in total. The van der Waals surface area contributed by atoms with Gasteiger partial charge in [-0.2, -0.15) is 0 Å². The number of hydrogen-bond donors (Lipinski definition) is 3. The Morgan fingerprint density at radius 2 is 1.74 bits per heavy atom. The van der Waals surface area contributed by atoms with Crippen LogP contribution >= 0.6 is 0 Å². The van der Waals surface area contributed by atoms with E-state index in [-0.39, 0.29) is 11.8 Å². The second-order valence-corrected chi connectivity index (χ2v) is 8.65. The molecule has 3 aromatic rings. The number of rotatable bonds is 8. The first-order chi connectivity index (χ1) is 16.5. The molecule has 0 saturated heterocycles. The molecule has 0 fully saturated rings. The van der Waals surface area contributed by atoms with Crippen LogP contribution in [0.15, 0.2) is 72.8 Å². The summed E-state index contributed by atoms with van der Waals surface area (Å²) in [4.78, 5) is 27.9. The molecule has 0 bridgehead atoms. The van der Waals surface area contributed by atoms with Crippen molar-refractivity contribution in [3.63, 3.8) is 0 Å². The van der Waals surface area contributed by atoms with E-state index in [1.807, 2.05) is 63.5 Å². The Labute approximate surface area is 200 Å². The molecule has 1 aliphatic rings. The third-order valence-corrected chi connectivity index (χ3v) is 5.57. The molecule has 4 rings (SSSR count). The molecule has 0 aromatic heterocycles. The SMILES string of the molecule is CCCNC(=O)c1ccc2c(c1)C(=C(Nc1cccc(CN(C)C)c1)c1ccccc1)C(=O)N2. The van der Waals surface area contributed by atoms with Gasteiger partial charge in [0.05, 0.1) is 11.3 Å². The van der Waals surface area contributed by atoms with E-state index in [0.717, 1.165) is 24.2 Å². The highest BCUT2D eigenvalue weighted by Gasteiger charge is 2.29. The maximum atomic E-state index is 13.2. The molecule has 0 aliphatic carbocycles. The number of nitrogens with one attached hydrogen (secondary N) is 3. The van der Waals surface area contributed by atoms with Crippen LogP contribution in [-0.4, -0.2) is 37.4 Å². The molecule has 6 heteroatoms. The maximum Gasteiger partial charge on any atom is 0.258 e. The Morgan fingerprint density at radius 1 is 0.941 bits per heavy atom. The average molecular weight is 455 g/mol. The second-order valence-electron chi connectivity index (χ2n) is 8.65. The summed E-state index contributed by atoms with van der Waals surface area (Å²) in [7, 11) is 4.07. The van der Waals surface area contributed by atoms with Crippen LogP contribution < -0.4 is 16.0 Å². The molecular weight excluding hydrogens is 424 g/mol. The lowest BCUT2D eigenvalue weighted by Crippen LogP contribution is -2.23. The van der Waals surface area contributed by atoms with E-state index in [0.29, 0.717) is 34.6 Å². The number of fused-ring (bicyclic) bond motifs is 1. The summed E-state index contributed by atoms with van der Waals surface area (Å²) < 4.78 is 0. The van der Waals surface area contributed by atoms with Crippen molar-refractivity contribution < 1.29 is 9.59 Å². The standard InChI is InChI=1S/C28H30N4O2/c1-4-15-29-27(33)21-13-14-24-23(17-21)25(28(34)31-24)26(20-10-6-5-7-11-20)30-22-12-8-9-19(16-22)18-32(2)3/h5-14,16-17,30H,4,15,18H2,1-3H3,(H,29,33)(H,31,34). The Balaban J connectivity index is 1.81. The van der Waals surface area contributed by atoms with Gasteiger partial charge in [-0.15, -0.1) is 0 Å². The highest BCUT2D eigenvalue weighted by molar-refractivity contribution is 6.37. The quantitative estimate of drug-likeness (QED) is 0.427. The van der Waals surface area contributed by atoms with Crippen LogP contribution in [0.3, 0.4) is 0 Å². The van der Waals surface area contributed by atoms with Gasteiger partial charge in [-0.25, -0.2) is 0 Å². The summed E-state index contributed by atoms with van der Waals surface area (Å²) in [6.45, 7) is 3.43. The second kappa shape index (κ2) is 10.4. The van der Waals surface area contributed by atoms with Crippen LogP contribution in [0.1, 0.15) is 40.4 Å². The van der Waals surface area contributed by atoms with E-state index in [1.54, 1.807) is 18.2 Å². The summed E-state index contributed by atoms with van der Waals surface area (Å²) in [6.07, 6.45) is 0.858. The number of benzene rings is 3. The van der Waals surface area contributed by atoms with Gasteiger partial charge in [-0.05, 0) is 62.0 Å². The molecule has 1 heterocycles. The Morgan fingerprint density at radius 3 is 2.47 bits per heavy atom. The molecule has 0 saturated carbocycles. The number of hydrogen-bond acceptors (Lipinski definition) is 4. The minimum atomic E-state index is -0.197. The molecule has 0 spiro atoms. The van der Waals surface area contributed by atoms with Crippen molar-refractivity contribution in [1.82, 2.24) is 10.2 Å². The lowest BCUT2D eigenvalue weighted by molar-refractivity contribution is -0.110. The third-order valence-electron chi connectivity index (χ3n) is 5.57. The van der Waals surface area contributed by atoms with Gasteiger partial charge in [0, 0.05) is 35.6 Å². The van der Waals surface area contributed by atoms with Crippen molar-refractivity contribution >= 4 is 34.5 Å². The van der Waals surface area contributed by atoms with Gasteiger partial charge in [-0.3, -0.25) is 9.59 Å². The van der Waals surface area contributed by atoms with Crippen LogP contribution in [0, 0.1) is 0 Å². The Bertz CT molecular complexity index is 1230. The summed E-state index contributed by atoms with van der Waals surface area (Å²) in [6, 6.07) is 23.3. The topological polar surface area (TPSA) is 73.5 Å². The summed E-state index contributed by atoms with van der Waals surface area (Å²) in [5.41, 5.74) is 6.10. The van der Waals surface area contributed by atoms with E-state index < -0.39 is 0 Å². The molecule has 0 radical (unpaired) electrons. The first-order valence-electron chi connectivity index (χ1n) is 11.5. The third kappa shape index (κ3) is 5.18. The number of amides is 2. The van der Waals surface area contributed by atoms with Crippen molar-refractivity contribution in [2.75, 3.05) is 31.3 Å². The van der Waals surface area contributed by atoms with Crippen molar-refractivity contribution in [2.45, 2.75) is 19.9 Å². The first-order valence-corrected chi connectivity index (χ1v) is 11.5. The van der Waals surface area contributed by atoms with Crippen molar-refractivity contribution in [3.8, 4) is 0 Å². The highest BCUT2D eigenvalue weighted by Crippen LogP contribution is 2.38. The van der Waals surface area contributed by atoms with E-state index in [2.05, 4.69) is 33.0 Å². The molecule has 0 atom stereocenters. The fourth-order valence-electron chi connectivity index (χ4n) is 4.04. The van der Waals surface area contributed by atoms with Crippen molar-refractivity contribution in [3.05, 3.63) is 95.1 Å². The number of anilines is 2. The van der Waals surface area contributed by atoms with E-state index >= 15 is 0 Å². The molecule has 1 aliphatic heterocycles. The van der Waals surface area contributed by atoms with E-state index in [1.165, 1.54) is 5.56 Å². The maximum absolute atomic E-state index is 13.2. The smallest absolute Gasteiger partial charge is 0.258 e. The van der Waals surface area contributed by atoms with Gasteiger partial charge in [0.2, 0.25) is 0 Å². The van der Waals surface area contributed by atoms with Gasteiger partial charge < -0.3 is 20.9 Å². The fourth-order valence-corrected chi connectivity index (χ4v) is 4.04. The minimum Gasteiger partial charge on any atom is -0.354 e. The monoisotopic (exact) mass is 454 g/mol. The van der Waals surface area contributed by atoms with Crippen molar-refractivity contribution in [1.29, 1.82) is 0 Å². The molecule has 0 unspecified atom stereocenters. The Hall–Kier alpha value is -3.90. The first kappa shape index (κ1) is 23.3. The largest absolute Gasteiger partial charge is 0.354 e. The summed E-state index contributed by atoms with van der Waals surface area (Å²) in [5.74, 6) is -0.342. The lowest BCUT2D eigenvalue weighted by atomic mass is 9.98. The molecule has 3 aromatic carbocycles. The molecule has 3 N–H and O–H groups in total. The molecule has 174 valence electrons. The van der Waals surface area contributed by atoms with Crippen LogP contribution in [0.25, 0.3) is 11.3 Å². The zero-order chi connectivity index (χ0) is 24.1. The van der Waals surface area contributed by atoms with Crippen LogP contribution in [0.4, 0.5) is 11.4 Å². The normalized spacial score (nSPS) is 13.9. The summed E-state index contributed by atoms with van der Waals surface area (Å²) >= 11 is 0.